The van der Waals surface area contributed by atoms with Crippen LogP contribution < -0.4 is 15.4 Å². The summed E-state index contributed by atoms with van der Waals surface area (Å²) in [5.74, 6) is -0.211. The zero-order chi connectivity index (χ0) is 31.0. The SMILES string of the molecule is COc1cccc(CN(C(=O)C2=C(c3ccc(CN(C)Cc4c(F)ccc(F)c4Cl)cc3)CC3CNCC2N3)C2CC2)c1C. The summed E-state index contributed by atoms with van der Waals surface area (Å²) < 4.78 is 33.8. The van der Waals surface area contributed by atoms with E-state index in [-0.39, 0.29) is 41.2 Å². The molecule has 1 saturated heterocycles. The highest BCUT2D eigenvalue weighted by molar-refractivity contribution is 6.31. The van der Waals surface area contributed by atoms with Crippen molar-refractivity contribution in [3.05, 3.63) is 105 Å². The lowest BCUT2D eigenvalue weighted by atomic mass is 9.83. The van der Waals surface area contributed by atoms with Crippen molar-refractivity contribution < 1.29 is 18.3 Å². The highest BCUT2D eigenvalue weighted by atomic mass is 35.5. The van der Waals surface area contributed by atoms with Crippen LogP contribution in [0.4, 0.5) is 8.78 Å². The van der Waals surface area contributed by atoms with E-state index in [1.165, 1.54) is 0 Å². The lowest BCUT2D eigenvalue weighted by molar-refractivity contribution is -0.128. The van der Waals surface area contributed by atoms with Crippen LogP contribution in [0.2, 0.25) is 5.02 Å². The van der Waals surface area contributed by atoms with Gasteiger partial charge in [-0.1, -0.05) is 48.0 Å². The van der Waals surface area contributed by atoms with Crippen LogP contribution in [0.1, 0.15) is 47.1 Å². The number of nitrogens with zero attached hydrogens (tertiary/aromatic N) is 2. The molecule has 3 aromatic rings. The topological polar surface area (TPSA) is 56.8 Å². The summed E-state index contributed by atoms with van der Waals surface area (Å²) >= 11 is 6.05. The molecule has 2 N–H and O–H groups in total. The summed E-state index contributed by atoms with van der Waals surface area (Å²) in [7, 11) is 3.53. The third kappa shape index (κ3) is 6.40. The van der Waals surface area contributed by atoms with Crippen LogP contribution in [0, 0.1) is 18.6 Å². The number of carbonyl (C=O) groups excluding carboxylic acids is 1. The molecule has 3 aromatic carbocycles. The number of piperazine rings is 1. The standard InChI is InChI=1S/C35H39ClF2N4O2/c1-21-24(5-4-6-32(21)44-3)19-42(26-11-12-26)35(43)33-27(15-25-16-39-17-31(33)40-25)23-9-7-22(8-10-23)18-41(2)20-28-29(37)13-14-30(38)34(28)36/h4-10,13-14,25-26,31,39-40H,11-12,15-20H2,1-3H3. The quantitative estimate of drug-likeness (QED) is 0.279. The van der Waals surface area contributed by atoms with E-state index in [1.54, 1.807) is 7.11 Å². The number of benzene rings is 3. The van der Waals surface area contributed by atoms with E-state index in [2.05, 4.69) is 52.8 Å². The maximum atomic E-state index is 14.5. The Morgan fingerprint density at radius 3 is 2.48 bits per heavy atom. The van der Waals surface area contributed by atoms with E-state index < -0.39 is 11.6 Å². The number of amides is 1. The molecule has 44 heavy (non-hydrogen) atoms. The Hall–Kier alpha value is -3.30. The predicted molar refractivity (Wildman–Crippen MR) is 169 cm³/mol. The molecule has 1 amide bonds. The number of nitrogens with one attached hydrogen (secondary N) is 2. The van der Waals surface area contributed by atoms with Crippen LogP contribution >= 0.6 is 11.6 Å². The van der Waals surface area contributed by atoms with E-state index in [0.717, 1.165) is 77.1 Å². The van der Waals surface area contributed by atoms with Crippen molar-refractivity contribution in [2.75, 3.05) is 27.2 Å². The average Bonchev–Trinajstić information content (AvgIpc) is 3.86. The Balaban J connectivity index is 1.26. The van der Waals surface area contributed by atoms with Gasteiger partial charge in [0.15, 0.2) is 0 Å². The van der Waals surface area contributed by atoms with Crippen LogP contribution in [0.5, 0.6) is 5.75 Å². The molecule has 0 spiro atoms. The number of ether oxygens (including phenoxy) is 1. The predicted octanol–water partition coefficient (Wildman–Crippen LogP) is 5.85. The normalized spacial score (nSPS) is 19.8. The van der Waals surface area contributed by atoms with Crippen LogP contribution in [0.3, 0.4) is 0 Å². The number of rotatable bonds is 10. The van der Waals surface area contributed by atoms with Crippen LogP contribution in [-0.2, 0) is 24.4 Å². The van der Waals surface area contributed by atoms with Gasteiger partial charge in [-0.25, -0.2) is 8.78 Å². The third-order valence-electron chi connectivity index (χ3n) is 9.06. The number of fused-ring (bicyclic) bond motifs is 2. The van der Waals surface area contributed by atoms with Crippen LogP contribution in [0.15, 0.2) is 60.2 Å². The fourth-order valence-corrected chi connectivity index (χ4v) is 6.76. The van der Waals surface area contributed by atoms with Gasteiger partial charge in [-0.05, 0) is 79.3 Å². The molecule has 3 aliphatic rings. The summed E-state index contributed by atoms with van der Waals surface area (Å²) in [4.78, 5) is 18.5. The van der Waals surface area contributed by atoms with Crippen LogP contribution in [0.25, 0.3) is 5.57 Å². The summed E-state index contributed by atoms with van der Waals surface area (Å²) in [6.07, 6.45) is 2.80. The van der Waals surface area contributed by atoms with E-state index in [1.807, 2.05) is 24.1 Å². The minimum absolute atomic E-state index is 0.0608. The maximum Gasteiger partial charge on any atom is 0.252 e. The van der Waals surface area contributed by atoms with E-state index in [0.29, 0.717) is 19.6 Å². The highest BCUT2D eigenvalue weighted by Crippen LogP contribution is 2.37. The van der Waals surface area contributed by atoms with Crippen LogP contribution in [-0.4, -0.2) is 61.1 Å². The van der Waals surface area contributed by atoms with Gasteiger partial charge >= 0.3 is 0 Å². The third-order valence-corrected chi connectivity index (χ3v) is 9.47. The molecule has 1 aliphatic carbocycles. The number of halogens is 3. The summed E-state index contributed by atoms with van der Waals surface area (Å²) in [6.45, 7) is 4.88. The summed E-state index contributed by atoms with van der Waals surface area (Å²) in [6, 6.07) is 16.9. The van der Waals surface area contributed by atoms with Gasteiger partial charge < -0.3 is 20.3 Å². The van der Waals surface area contributed by atoms with Gasteiger partial charge in [-0.15, -0.1) is 0 Å². The molecule has 9 heteroatoms. The molecule has 0 radical (unpaired) electrons. The van der Waals surface area contributed by atoms with Gasteiger partial charge in [0.05, 0.1) is 18.2 Å². The number of carbonyl (C=O) groups is 1. The largest absolute Gasteiger partial charge is 0.496 e. The summed E-state index contributed by atoms with van der Waals surface area (Å²) in [5.41, 5.74) is 6.34. The first kappa shape index (κ1) is 30.7. The zero-order valence-corrected chi connectivity index (χ0v) is 26.2. The van der Waals surface area contributed by atoms with E-state index in [4.69, 9.17) is 16.3 Å². The first-order valence-corrected chi connectivity index (χ1v) is 15.6. The van der Waals surface area contributed by atoms with Crippen molar-refractivity contribution in [1.82, 2.24) is 20.4 Å². The molecule has 232 valence electrons. The average molecular weight is 621 g/mol. The van der Waals surface area contributed by atoms with Crippen molar-refractivity contribution in [3.63, 3.8) is 0 Å². The number of methoxy groups -OCH3 is 1. The molecular formula is C35H39ClF2N4O2. The Morgan fingerprint density at radius 1 is 1.00 bits per heavy atom. The van der Waals surface area contributed by atoms with Crippen molar-refractivity contribution >= 4 is 23.1 Å². The lowest BCUT2D eigenvalue weighted by Crippen LogP contribution is -2.60. The fourth-order valence-electron chi connectivity index (χ4n) is 6.55. The van der Waals surface area contributed by atoms with Gasteiger partial charge in [0, 0.05) is 55.9 Å². The van der Waals surface area contributed by atoms with Gasteiger partial charge in [-0.2, -0.15) is 0 Å². The van der Waals surface area contributed by atoms with Gasteiger partial charge in [-0.3, -0.25) is 9.69 Å². The molecule has 6 rings (SSSR count). The molecule has 6 nitrogen and oxygen atoms in total. The molecule has 2 aliphatic heterocycles. The monoisotopic (exact) mass is 620 g/mol. The first-order chi connectivity index (χ1) is 21.2. The molecule has 2 bridgehead atoms. The van der Waals surface area contributed by atoms with E-state index >= 15 is 0 Å². The minimum Gasteiger partial charge on any atom is -0.496 e. The van der Waals surface area contributed by atoms with Crippen molar-refractivity contribution in [2.45, 2.75) is 63.9 Å². The first-order valence-electron chi connectivity index (χ1n) is 15.3. The fraction of sp³-hybridized carbons (Fsp3) is 0.400. The second-order valence-electron chi connectivity index (χ2n) is 12.3. The molecule has 2 heterocycles. The highest BCUT2D eigenvalue weighted by Gasteiger charge is 2.41. The molecular weight excluding hydrogens is 582 g/mol. The number of hydrogen-bond donors (Lipinski definition) is 2. The molecule has 1 saturated carbocycles. The Bertz CT molecular complexity index is 1570. The Morgan fingerprint density at radius 2 is 1.75 bits per heavy atom. The summed E-state index contributed by atoms with van der Waals surface area (Å²) in [5, 5.41) is 7.04. The van der Waals surface area contributed by atoms with Crippen molar-refractivity contribution in [1.29, 1.82) is 0 Å². The maximum absolute atomic E-state index is 14.5. The minimum atomic E-state index is -0.625. The van der Waals surface area contributed by atoms with Gasteiger partial charge in [0.1, 0.15) is 17.4 Å². The second-order valence-corrected chi connectivity index (χ2v) is 12.6. The zero-order valence-electron chi connectivity index (χ0n) is 25.4. The van der Waals surface area contributed by atoms with Gasteiger partial charge in [0.25, 0.3) is 5.91 Å². The van der Waals surface area contributed by atoms with Crippen molar-refractivity contribution in [3.8, 4) is 5.75 Å². The Labute approximate surface area is 263 Å². The van der Waals surface area contributed by atoms with Crippen molar-refractivity contribution in [2.24, 2.45) is 0 Å². The second kappa shape index (κ2) is 13.0. The smallest absolute Gasteiger partial charge is 0.252 e. The molecule has 2 unspecified atom stereocenters. The number of hydrogen-bond acceptors (Lipinski definition) is 5. The molecule has 2 fully saturated rings. The lowest BCUT2D eigenvalue weighted by Gasteiger charge is -2.41. The Kier molecular flexibility index (Phi) is 9.06. The molecule has 0 aromatic heterocycles. The molecule has 2 atom stereocenters. The van der Waals surface area contributed by atoms with E-state index in [9.17, 15) is 13.6 Å². The van der Waals surface area contributed by atoms with Gasteiger partial charge in [0.2, 0.25) is 0 Å².